The van der Waals surface area contributed by atoms with Crippen LogP contribution in [0.4, 0.5) is 22.2 Å². The number of hydrogen-bond acceptors (Lipinski definition) is 9. The van der Waals surface area contributed by atoms with E-state index in [1.807, 2.05) is 26.8 Å². The number of aromatic nitrogens is 3. The van der Waals surface area contributed by atoms with E-state index in [1.165, 1.54) is 12.0 Å². The zero-order valence-electron chi connectivity index (χ0n) is 22.1. The molecule has 2 fully saturated rings. The highest BCUT2D eigenvalue weighted by molar-refractivity contribution is 5.75. The molecule has 2 aromatic heterocycles. The third-order valence-corrected chi connectivity index (χ3v) is 7.58. The van der Waals surface area contributed by atoms with Gasteiger partial charge in [0.2, 0.25) is 0 Å². The Kier molecular flexibility index (Phi) is 6.67. The molecule has 4 heterocycles. The van der Waals surface area contributed by atoms with Gasteiger partial charge >= 0.3 is 6.09 Å². The molecular formula is C27H35N7O3. The fourth-order valence-corrected chi connectivity index (χ4v) is 5.70. The zero-order valence-corrected chi connectivity index (χ0v) is 22.1. The quantitative estimate of drug-likeness (QED) is 0.579. The maximum atomic E-state index is 13.1. The van der Waals surface area contributed by atoms with Gasteiger partial charge in [-0.05, 0) is 52.2 Å². The number of amides is 1. The van der Waals surface area contributed by atoms with E-state index in [4.69, 9.17) is 19.4 Å². The summed E-state index contributed by atoms with van der Waals surface area (Å²) in [7, 11) is 1.64. The average Bonchev–Trinajstić information content (AvgIpc) is 3.47. The molecular weight excluding hydrogens is 470 g/mol. The number of anilines is 3. The smallest absolute Gasteiger partial charge is 0.410 e. The summed E-state index contributed by atoms with van der Waals surface area (Å²) in [5.41, 5.74) is 1.17. The minimum atomic E-state index is -0.564. The maximum absolute atomic E-state index is 13.1. The highest BCUT2D eigenvalue weighted by atomic mass is 16.6. The summed E-state index contributed by atoms with van der Waals surface area (Å²) in [4.78, 5) is 33.4. The lowest BCUT2D eigenvalue weighted by molar-refractivity contribution is 0.0123. The normalized spacial score (nSPS) is 19.9. The fourth-order valence-electron chi connectivity index (χ4n) is 5.70. The monoisotopic (exact) mass is 505 g/mol. The van der Waals surface area contributed by atoms with Gasteiger partial charge in [0.25, 0.3) is 0 Å². The molecule has 10 heteroatoms. The van der Waals surface area contributed by atoms with E-state index >= 15 is 0 Å². The van der Waals surface area contributed by atoms with Crippen LogP contribution in [0.25, 0.3) is 0 Å². The summed E-state index contributed by atoms with van der Waals surface area (Å²) in [5, 5.41) is 9.40. The first-order valence-electron chi connectivity index (χ1n) is 13.0. The average molecular weight is 506 g/mol. The van der Waals surface area contributed by atoms with Gasteiger partial charge < -0.3 is 24.2 Å². The van der Waals surface area contributed by atoms with Gasteiger partial charge in [0, 0.05) is 50.5 Å². The van der Waals surface area contributed by atoms with Crippen molar-refractivity contribution in [1.82, 2.24) is 19.9 Å². The van der Waals surface area contributed by atoms with E-state index in [0.29, 0.717) is 25.3 Å². The van der Waals surface area contributed by atoms with Gasteiger partial charge in [0.15, 0.2) is 0 Å². The molecule has 5 rings (SSSR count). The molecule has 1 aliphatic carbocycles. The third kappa shape index (κ3) is 4.80. The largest absolute Gasteiger partial charge is 0.444 e. The highest BCUT2D eigenvalue weighted by Crippen LogP contribution is 2.56. The standard InChI is InChI=1S/C27H35N7O3/c1-26(2,3)37-25(35)33(12-13-36-4)20-7-11-32(16-20)23-22-24(31-18-30-23)34(17-27(22)8-5-9-27)21-14-19(15-28)6-10-29-21/h6,10,14,18,20H,5,7-9,11-13,16-17H2,1-4H3/t20-/m1/s1. The van der Waals surface area contributed by atoms with Gasteiger partial charge in [0.1, 0.15) is 29.4 Å². The van der Waals surface area contributed by atoms with Crippen LogP contribution >= 0.6 is 0 Å². The Morgan fingerprint density at radius 1 is 1.27 bits per heavy atom. The Balaban J connectivity index is 1.44. The van der Waals surface area contributed by atoms with Crippen LogP contribution in [0.1, 0.15) is 57.6 Å². The Morgan fingerprint density at radius 2 is 2.05 bits per heavy atom. The molecule has 2 aromatic rings. The molecule has 37 heavy (non-hydrogen) atoms. The second-order valence-electron chi connectivity index (χ2n) is 11.2. The van der Waals surface area contributed by atoms with Crippen molar-refractivity contribution in [2.45, 2.75) is 63.5 Å². The Labute approximate surface area is 218 Å². The molecule has 1 atom stereocenters. The summed E-state index contributed by atoms with van der Waals surface area (Å²) < 4.78 is 11.0. The molecule has 2 aliphatic heterocycles. The van der Waals surface area contributed by atoms with Crippen molar-refractivity contribution in [2.75, 3.05) is 49.7 Å². The molecule has 1 spiro atoms. The number of pyridine rings is 1. The second kappa shape index (κ2) is 9.78. The summed E-state index contributed by atoms with van der Waals surface area (Å²) in [6.45, 7) is 8.82. The maximum Gasteiger partial charge on any atom is 0.410 e. The summed E-state index contributed by atoms with van der Waals surface area (Å²) in [6, 6.07) is 5.75. The summed E-state index contributed by atoms with van der Waals surface area (Å²) >= 11 is 0. The number of ether oxygens (including phenoxy) is 2. The zero-order chi connectivity index (χ0) is 26.2. The van der Waals surface area contributed by atoms with Gasteiger partial charge in [-0.15, -0.1) is 0 Å². The predicted octanol–water partition coefficient (Wildman–Crippen LogP) is 3.78. The fraction of sp³-hybridized carbons (Fsp3) is 0.593. The predicted molar refractivity (Wildman–Crippen MR) is 139 cm³/mol. The lowest BCUT2D eigenvalue weighted by atomic mass is 9.66. The van der Waals surface area contributed by atoms with Gasteiger partial charge in [-0.3, -0.25) is 0 Å². The van der Waals surface area contributed by atoms with Gasteiger partial charge in [-0.2, -0.15) is 5.26 Å². The molecule has 1 amide bonds. The van der Waals surface area contributed by atoms with Crippen LogP contribution in [0.5, 0.6) is 0 Å². The molecule has 0 radical (unpaired) electrons. The number of fused-ring (bicyclic) bond motifs is 2. The number of nitriles is 1. The number of methoxy groups -OCH3 is 1. The topological polar surface area (TPSA) is 108 Å². The van der Waals surface area contributed by atoms with Crippen LogP contribution in [0.2, 0.25) is 0 Å². The van der Waals surface area contributed by atoms with Crippen molar-refractivity contribution in [3.8, 4) is 6.07 Å². The molecule has 1 saturated heterocycles. The molecule has 0 unspecified atom stereocenters. The van der Waals surface area contributed by atoms with Crippen LogP contribution in [0, 0.1) is 11.3 Å². The van der Waals surface area contributed by atoms with Crippen molar-refractivity contribution in [3.05, 3.63) is 35.8 Å². The first-order chi connectivity index (χ1) is 17.7. The van der Waals surface area contributed by atoms with Crippen molar-refractivity contribution in [3.63, 3.8) is 0 Å². The van der Waals surface area contributed by atoms with E-state index in [9.17, 15) is 10.1 Å². The number of rotatable bonds is 6. The van der Waals surface area contributed by atoms with Gasteiger partial charge in [-0.25, -0.2) is 19.7 Å². The van der Waals surface area contributed by atoms with E-state index in [0.717, 1.165) is 49.8 Å². The minimum Gasteiger partial charge on any atom is -0.444 e. The summed E-state index contributed by atoms with van der Waals surface area (Å²) in [6.07, 6.45) is 7.13. The number of nitrogens with zero attached hydrogens (tertiary/aromatic N) is 7. The molecule has 3 aliphatic rings. The van der Waals surface area contributed by atoms with E-state index in [1.54, 1.807) is 30.6 Å². The van der Waals surface area contributed by atoms with Crippen LogP contribution < -0.4 is 9.80 Å². The van der Waals surface area contributed by atoms with E-state index in [-0.39, 0.29) is 17.6 Å². The number of carbonyl (C=O) groups is 1. The highest BCUT2D eigenvalue weighted by Gasteiger charge is 2.51. The molecule has 0 bridgehead atoms. The molecule has 1 saturated carbocycles. The Hall–Kier alpha value is -3.45. The SMILES string of the molecule is COCCN(C(=O)OC(C)(C)C)[C@@H]1CCN(c2ncnc3c2C2(CCC2)CN3c2cc(C#N)ccn2)C1. The van der Waals surface area contributed by atoms with Crippen molar-refractivity contribution in [1.29, 1.82) is 5.26 Å². The Bertz CT molecular complexity index is 1200. The van der Waals surface area contributed by atoms with Gasteiger partial charge in [0.05, 0.1) is 24.3 Å². The second-order valence-corrected chi connectivity index (χ2v) is 11.2. The first-order valence-corrected chi connectivity index (χ1v) is 13.0. The Morgan fingerprint density at radius 3 is 2.73 bits per heavy atom. The molecule has 0 N–H and O–H groups in total. The van der Waals surface area contributed by atoms with Crippen LogP contribution in [-0.2, 0) is 14.9 Å². The molecule has 0 aromatic carbocycles. The van der Waals surface area contributed by atoms with Crippen LogP contribution in [0.15, 0.2) is 24.7 Å². The minimum absolute atomic E-state index is 0.000520. The lowest BCUT2D eigenvalue weighted by Gasteiger charge is -2.40. The molecule has 196 valence electrons. The van der Waals surface area contributed by atoms with Crippen molar-refractivity contribution in [2.24, 2.45) is 0 Å². The number of carbonyl (C=O) groups excluding carboxylic acids is 1. The number of hydrogen-bond donors (Lipinski definition) is 0. The van der Waals surface area contributed by atoms with E-state index < -0.39 is 5.60 Å². The first kappa shape index (κ1) is 25.2. The van der Waals surface area contributed by atoms with Crippen molar-refractivity contribution < 1.29 is 14.3 Å². The van der Waals surface area contributed by atoms with Crippen molar-refractivity contribution >= 4 is 23.5 Å². The van der Waals surface area contributed by atoms with Crippen LogP contribution in [-0.4, -0.2) is 77.5 Å². The molecule has 10 nitrogen and oxygen atoms in total. The van der Waals surface area contributed by atoms with E-state index in [2.05, 4.69) is 20.9 Å². The summed E-state index contributed by atoms with van der Waals surface area (Å²) in [5.74, 6) is 2.56. The van der Waals surface area contributed by atoms with Gasteiger partial charge in [-0.1, -0.05) is 6.42 Å². The lowest BCUT2D eigenvalue weighted by Crippen LogP contribution is -2.46. The third-order valence-electron chi connectivity index (χ3n) is 7.58. The van der Waals surface area contributed by atoms with Crippen LogP contribution in [0.3, 0.4) is 0 Å².